The summed E-state index contributed by atoms with van der Waals surface area (Å²) in [6.07, 6.45) is 4.05. The monoisotopic (exact) mass is 339 g/mol. The summed E-state index contributed by atoms with van der Waals surface area (Å²) in [5.74, 6) is -0.458. The normalized spacial score (nSPS) is 27.5. The molecule has 1 amide bonds. The molecule has 2 fully saturated rings. The molecule has 2 N–H and O–H groups in total. The lowest BCUT2D eigenvalue weighted by molar-refractivity contribution is -0.00569. The third-order valence-corrected chi connectivity index (χ3v) is 5.76. The summed E-state index contributed by atoms with van der Waals surface area (Å²) < 4.78 is 2.05. The number of piperazine rings is 1. The maximum Gasteiger partial charge on any atom is 0.269 e. The molecule has 0 spiro atoms. The SMILES string of the molecule is C=CCN1CC2CC(n3nc(C(N)=O)c4ccccc43)CC(C1)N2C. The van der Waals surface area contributed by atoms with E-state index in [0.29, 0.717) is 23.8 Å². The lowest BCUT2D eigenvalue weighted by Crippen LogP contribution is -2.60. The van der Waals surface area contributed by atoms with E-state index in [0.717, 1.165) is 43.4 Å². The van der Waals surface area contributed by atoms with E-state index in [9.17, 15) is 4.79 Å². The van der Waals surface area contributed by atoms with Crippen molar-refractivity contribution >= 4 is 16.8 Å². The molecule has 2 saturated heterocycles. The van der Waals surface area contributed by atoms with E-state index in [1.165, 1.54) is 0 Å². The van der Waals surface area contributed by atoms with Crippen LogP contribution in [-0.4, -0.2) is 64.3 Å². The van der Waals surface area contributed by atoms with Crippen LogP contribution in [0.2, 0.25) is 0 Å². The molecule has 0 aliphatic carbocycles. The number of fused-ring (bicyclic) bond motifs is 3. The lowest BCUT2D eigenvalue weighted by Gasteiger charge is -2.50. The summed E-state index contributed by atoms with van der Waals surface area (Å²) in [5, 5.41) is 5.47. The Kier molecular flexibility index (Phi) is 4.09. The van der Waals surface area contributed by atoms with Crippen LogP contribution in [0.5, 0.6) is 0 Å². The number of amides is 1. The topological polar surface area (TPSA) is 67.4 Å². The standard InChI is InChI=1S/C19H25N5O/c1-3-8-23-11-14-9-13(10-15(12-23)22(14)2)24-17-7-5-4-6-16(17)18(21-24)19(20)25/h3-7,13-15H,1,8-12H2,2H3,(H2,20,25). The second-order valence-electron chi connectivity index (χ2n) is 7.28. The van der Waals surface area contributed by atoms with Gasteiger partial charge in [-0.1, -0.05) is 24.3 Å². The third kappa shape index (κ3) is 2.75. The minimum atomic E-state index is -0.458. The Bertz CT molecular complexity index is 797. The van der Waals surface area contributed by atoms with Crippen molar-refractivity contribution in [1.82, 2.24) is 19.6 Å². The summed E-state index contributed by atoms with van der Waals surface area (Å²) in [6, 6.07) is 9.18. The Morgan fingerprint density at radius 1 is 1.28 bits per heavy atom. The largest absolute Gasteiger partial charge is 0.364 e. The van der Waals surface area contributed by atoms with Crippen molar-refractivity contribution in [2.24, 2.45) is 5.73 Å². The van der Waals surface area contributed by atoms with Gasteiger partial charge < -0.3 is 5.73 Å². The average molecular weight is 339 g/mol. The molecule has 2 atom stereocenters. The zero-order chi connectivity index (χ0) is 17.6. The number of aromatic nitrogens is 2. The van der Waals surface area contributed by atoms with E-state index in [1.807, 2.05) is 35.0 Å². The fraction of sp³-hybridized carbons (Fsp3) is 0.474. The van der Waals surface area contributed by atoms with E-state index in [1.54, 1.807) is 0 Å². The van der Waals surface area contributed by atoms with Crippen LogP contribution in [0.15, 0.2) is 36.9 Å². The van der Waals surface area contributed by atoms with E-state index in [-0.39, 0.29) is 0 Å². The first-order valence-electron chi connectivity index (χ1n) is 8.90. The first kappa shape index (κ1) is 16.3. The van der Waals surface area contributed by atoms with Gasteiger partial charge in [0.1, 0.15) is 0 Å². The van der Waals surface area contributed by atoms with Crippen LogP contribution in [0.25, 0.3) is 10.9 Å². The number of para-hydroxylation sites is 1. The van der Waals surface area contributed by atoms with Gasteiger partial charge in [-0.2, -0.15) is 5.10 Å². The maximum absolute atomic E-state index is 11.8. The number of rotatable bonds is 4. The van der Waals surface area contributed by atoms with Gasteiger partial charge in [0.2, 0.25) is 0 Å². The molecular formula is C19H25N5O. The number of primary amides is 1. The number of nitrogens with zero attached hydrogens (tertiary/aromatic N) is 4. The number of likely N-dealkylation sites (N-methyl/N-ethyl adjacent to an activating group) is 1. The van der Waals surface area contributed by atoms with Crippen LogP contribution in [-0.2, 0) is 0 Å². The van der Waals surface area contributed by atoms with Crippen LogP contribution in [0.4, 0.5) is 0 Å². The summed E-state index contributed by atoms with van der Waals surface area (Å²) in [4.78, 5) is 16.8. The smallest absolute Gasteiger partial charge is 0.269 e. The Labute approximate surface area is 147 Å². The molecule has 6 nitrogen and oxygen atoms in total. The molecule has 4 rings (SSSR count). The van der Waals surface area contributed by atoms with Gasteiger partial charge in [-0.3, -0.25) is 19.3 Å². The van der Waals surface area contributed by atoms with Crippen LogP contribution in [0, 0.1) is 0 Å². The highest BCUT2D eigenvalue weighted by Gasteiger charge is 2.40. The van der Waals surface area contributed by atoms with Gasteiger partial charge in [0.25, 0.3) is 5.91 Å². The van der Waals surface area contributed by atoms with E-state index >= 15 is 0 Å². The van der Waals surface area contributed by atoms with E-state index < -0.39 is 5.91 Å². The number of nitrogens with two attached hydrogens (primary N) is 1. The number of benzene rings is 1. The lowest BCUT2D eigenvalue weighted by atomic mass is 9.88. The van der Waals surface area contributed by atoms with E-state index in [2.05, 4.69) is 28.5 Å². The van der Waals surface area contributed by atoms with Gasteiger partial charge in [-0.05, 0) is 26.0 Å². The molecule has 132 valence electrons. The molecule has 2 bridgehead atoms. The summed E-state index contributed by atoms with van der Waals surface area (Å²) in [7, 11) is 2.23. The molecule has 3 heterocycles. The Balaban J connectivity index is 1.67. The van der Waals surface area contributed by atoms with Crippen molar-refractivity contribution in [3.05, 3.63) is 42.6 Å². The van der Waals surface area contributed by atoms with Crippen molar-refractivity contribution in [2.75, 3.05) is 26.7 Å². The van der Waals surface area contributed by atoms with Gasteiger partial charge >= 0.3 is 0 Å². The van der Waals surface area contributed by atoms with Crippen molar-refractivity contribution in [3.8, 4) is 0 Å². The fourth-order valence-electron chi connectivity index (χ4n) is 4.51. The minimum Gasteiger partial charge on any atom is -0.364 e. The molecule has 2 aliphatic heterocycles. The highest BCUT2D eigenvalue weighted by Crippen LogP contribution is 2.36. The molecule has 1 aromatic carbocycles. The molecular weight excluding hydrogens is 314 g/mol. The molecule has 25 heavy (non-hydrogen) atoms. The first-order valence-corrected chi connectivity index (χ1v) is 8.90. The number of likely N-dealkylation sites (tertiary alicyclic amines) is 1. The van der Waals surface area contributed by atoms with Crippen LogP contribution in [0.1, 0.15) is 29.4 Å². The quantitative estimate of drug-likeness (QED) is 0.860. The second kappa shape index (κ2) is 6.28. The maximum atomic E-state index is 11.8. The first-order chi connectivity index (χ1) is 12.1. The number of hydrogen-bond acceptors (Lipinski definition) is 4. The van der Waals surface area contributed by atoms with Gasteiger partial charge in [0, 0.05) is 37.1 Å². The third-order valence-electron chi connectivity index (χ3n) is 5.76. The number of piperidine rings is 1. The zero-order valence-electron chi connectivity index (χ0n) is 14.6. The van der Waals surface area contributed by atoms with Gasteiger partial charge in [-0.15, -0.1) is 6.58 Å². The Morgan fingerprint density at radius 2 is 1.96 bits per heavy atom. The second-order valence-corrected chi connectivity index (χ2v) is 7.28. The molecule has 6 heteroatoms. The van der Waals surface area contributed by atoms with Crippen LogP contribution in [0.3, 0.4) is 0 Å². The Hall–Kier alpha value is -2.18. The zero-order valence-corrected chi connectivity index (χ0v) is 14.6. The molecule has 0 radical (unpaired) electrons. The van der Waals surface area contributed by atoms with Crippen molar-refractivity contribution in [2.45, 2.75) is 31.0 Å². The number of carbonyl (C=O) groups excluding carboxylic acids is 1. The molecule has 2 aliphatic rings. The van der Waals surface area contributed by atoms with Gasteiger partial charge in [0.15, 0.2) is 5.69 Å². The highest BCUT2D eigenvalue weighted by atomic mass is 16.1. The summed E-state index contributed by atoms with van der Waals surface area (Å²) in [6.45, 7) is 6.92. The fourth-order valence-corrected chi connectivity index (χ4v) is 4.51. The summed E-state index contributed by atoms with van der Waals surface area (Å²) in [5.41, 5.74) is 6.94. The molecule has 0 saturated carbocycles. The average Bonchev–Trinajstić information content (AvgIpc) is 2.96. The van der Waals surface area contributed by atoms with Crippen LogP contribution < -0.4 is 5.73 Å². The molecule has 2 aromatic rings. The van der Waals surface area contributed by atoms with Crippen molar-refractivity contribution < 1.29 is 4.79 Å². The van der Waals surface area contributed by atoms with Crippen molar-refractivity contribution in [3.63, 3.8) is 0 Å². The van der Waals surface area contributed by atoms with E-state index in [4.69, 9.17) is 5.73 Å². The minimum absolute atomic E-state index is 0.301. The predicted octanol–water partition coefficient (Wildman–Crippen LogP) is 1.64. The predicted molar refractivity (Wildman–Crippen MR) is 98.5 cm³/mol. The Morgan fingerprint density at radius 3 is 2.60 bits per heavy atom. The van der Waals surface area contributed by atoms with Crippen molar-refractivity contribution in [1.29, 1.82) is 0 Å². The van der Waals surface area contributed by atoms with Crippen LogP contribution >= 0.6 is 0 Å². The number of hydrogen-bond donors (Lipinski definition) is 1. The molecule has 1 aromatic heterocycles. The number of carbonyl (C=O) groups is 1. The highest BCUT2D eigenvalue weighted by molar-refractivity contribution is 6.04. The molecule has 2 unspecified atom stereocenters. The van der Waals surface area contributed by atoms with Gasteiger partial charge in [-0.25, -0.2) is 0 Å². The summed E-state index contributed by atoms with van der Waals surface area (Å²) >= 11 is 0. The van der Waals surface area contributed by atoms with Gasteiger partial charge in [0.05, 0.1) is 11.6 Å².